The Kier molecular flexibility index (Phi) is 6.08. The first-order valence-electron chi connectivity index (χ1n) is 7.21. The Morgan fingerprint density at radius 1 is 1.29 bits per heavy atom. The van der Waals surface area contributed by atoms with Crippen LogP contribution in [0.25, 0.3) is 0 Å². The van der Waals surface area contributed by atoms with Gasteiger partial charge in [-0.15, -0.1) is 0 Å². The zero-order chi connectivity index (χ0) is 17.5. The summed E-state index contributed by atoms with van der Waals surface area (Å²) in [5.41, 5.74) is 1.54. The molecule has 1 aromatic heterocycles. The third kappa shape index (κ3) is 5.20. The van der Waals surface area contributed by atoms with Crippen molar-refractivity contribution in [2.24, 2.45) is 0 Å². The zero-order valence-electron chi connectivity index (χ0n) is 13.0. The number of carbonyl (C=O) groups is 1. The predicted octanol–water partition coefficient (Wildman–Crippen LogP) is 2.69. The molecule has 1 N–H and O–H groups in total. The van der Waals surface area contributed by atoms with Crippen LogP contribution in [0, 0.1) is 17.0 Å². The highest BCUT2D eigenvalue weighted by Crippen LogP contribution is 2.24. The van der Waals surface area contributed by atoms with E-state index in [1.54, 1.807) is 25.1 Å². The number of ether oxygens (including phenoxy) is 1. The Morgan fingerprint density at radius 3 is 2.67 bits per heavy atom. The zero-order valence-corrected chi connectivity index (χ0v) is 13.7. The summed E-state index contributed by atoms with van der Waals surface area (Å²) in [7, 11) is 0. The van der Waals surface area contributed by atoms with Crippen LogP contribution in [-0.4, -0.2) is 29.0 Å². The molecule has 0 unspecified atom stereocenters. The smallest absolute Gasteiger partial charge is 0.406 e. The standard InChI is InChI=1S/C16H16ClN3O4/c1-11-2-7-14(16(19-11)20(22)23)24-10-15(21)18-9-8-12-3-5-13(17)6-4-12/h2-7H,8-10H2,1H3,(H,18,21). The van der Waals surface area contributed by atoms with Crippen molar-refractivity contribution in [2.75, 3.05) is 13.2 Å². The second-order valence-electron chi connectivity index (χ2n) is 5.05. The van der Waals surface area contributed by atoms with Crippen LogP contribution in [0.3, 0.4) is 0 Å². The maximum atomic E-state index is 11.8. The molecule has 0 spiro atoms. The number of aryl methyl sites for hydroxylation is 1. The van der Waals surface area contributed by atoms with Gasteiger partial charge in [0.25, 0.3) is 5.91 Å². The Bertz CT molecular complexity index is 735. The first-order valence-corrected chi connectivity index (χ1v) is 7.59. The monoisotopic (exact) mass is 349 g/mol. The molecule has 0 fully saturated rings. The molecule has 2 aromatic rings. The number of rotatable bonds is 7. The van der Waals surface area contributed by atoms with Crippen LogP contribution in [0.5, 0.6) is 5.75 Å². The van der Waals surface area contributed by atoms with Crippen molar-refractivity contribution >= 4 is 23.3 Å². The summed E-state index contributed by atoms with van der Waals surface area (Å²) in [5, 5.41) is 14.3. The summed E-state index contributed by atoms with van der Waals surface area (Å²) in [5.74, 6) is -0.791. The van der Waals surface area contributed by atoms with Gasteiger partial charge in [0, 0.05) is 18.5 Å². The largest absolute Gasteiger partial charge is 0.476 e. The molecule has 7 nitrogen and oxygen atoms in total. The molecule has 2 rings (SSSR count). The lowest BCUT2D eigenvalue weighted by Crippen LogP contribution is -2.30. The molecule has 8 heteroatoms. The summed E-state index contributed by atoms with van der Waals surface area (Å²) in [6.07, 6.45) is 0.648. The van der Waals surface area contributed by atoms with E-state index in [4.69, 9.17) is 16.3 Å². The number of halogens is 1. The van der Waals surface area contributed by atoms with E-state index >= 15 is 0 Å². The maximum Gasteiger partial charge on any atom is 0.406 e. The van der Waals surface area contributed by atoms with E-state index in [2.05, 4.69) is 10.3 Å². The summed E-state index contributed by atoms with van der Waals surface area (Å²) >= 11 is 5.80. The Morgan fingerprint density at radius 2 is 2.00 bits per heavy atom. The number of amides is 1. The molecule has 0 saturated carbocycles. The van der Waals surface area contributed by atoms with Crippen LogP contribution in [0.4, 0.5) is 5.82 Å². The van der Waals surface area contributed by atoms with E-state index in [-0.39, 0.29) is 18.3 Å². The lowest BCUT2D eigenvalue weighted by molar-refractivity contribution is -0.390. The number of aromatic nitrogens is 1. The molecule has 0 aliphatic rings. The van der Waals surface area contributed by atoms with Gasteiger partial charge in [-0.2, -0.15) is 0 Å². The molecular weight excluding hydrogens is 334 g/mol. The summed E-state index contributed by atoms with van der Waals surface area (Å²) in [6.45, 7) is 1.75. The number of hydrogen-bond donors (Lipinski definition) is 1. The minimum atomic E-state index is -0.638. The number of nitrogens with zero attached hydrogens (tertiary/aromatic N) is 2. The molecule has 0 radical (unpaired) electrons. The van der Waals surface area contributed by atoms with Crippen molar-refractivity contribution in [1.82, 2.24) is 10.3 Å². The molecule has 1 heterocycles. The number of nitro groups is 1. The molecule has 0 atom stereocenters. The van der Waals surface area contributed by atoms with Crippen molar-refractivity contribution in [3.05, 3.63) is 62.8 Å². The minimum absolute atomic E-state index is 0.0292. The fourth-order valence-electron chi connectivity index (χ4n) is 1.97. The van der Waals surface area contributed by atoms with E-state index < -0.39 is 10.7 Å². The quantitative estimate of drug-likeness (QED) is 0.612. The highest BCUT2D eigenvalue weighted by molar-refractivity contribution is 6.30. The van der Waals surface area contributed by atoms with Crippen LogP contribution in [0.15, 0.2) is 36.4 Å². The molecular formula is C16H16ClN3O4. The van der Waals surface area contributed by atoms with Crippen LogP contribution in [0.1, 0.15) is 11.3 Å². The van der Waals surface area contributed by atoms with Crippen molar-refractivity contribution < 1.29 is 14.5 Å². The fourth-order valence-corrected chi connectivity index (χ4v) is 2.09. The van der Waals surface area contributed by atoms with Gasteiger partial charge in [0.1, 0.15) is 5.69 Å². The second kappa shape index (κ2) is 8.26. The molecule has 0 saturated heterocycles. The molecule has 0 bridgehead atoms. The van der Waals surface area contributed by atoms with E-state index in [9.17, 15) is 14.9 Å². The predicted molar refractivity (Wildman–Crippen MR) is 89.3 cm³/mol. The van der Waals surface area contributed by atoms with Crippen molar-refractivity contribution in [2.45, 2.75) is 13.3 Å². The van der Waals surface area contributed by atoms with Gasteiger partial charge < -0.3 is 20.2 Å². The summed E-state index contributed by atoms with van der Waals surface area (Å²) in [6, 6.07) is 10.3. The van der Waals surface area contributed by atoms with Gasteiger partial charge in [-0.1, -0.05) is 23.7 Å². The number of pyridine rings is 1. The van der Waals surface area contributed by atoms with Crippen LogP contribution < -0.4 is 10.1 Å². The van der Waals surface area contributed by atoms with E-state index in [0.29, 0.717) is 23.7 Å². The number of benzene rings is 1. The van der Waals surface area contributed by atoms with Crippen molar-refractivity contribution in [3.8, 4) is 5.75 Å². The van der Waals surface area contributed by atoms with Gasteiger partial charge in [0.15, 0.2) is 6.61 Å². The number of hydrogen-bond acceptors (Lipinski definition) is 5. The molecule has 24 heavy (non-hydrogen) atoms. The SMILES string of the molecule is Cc1ccc(OCC(=O)NCCc2ccc(Cl)cc2)c([N+](=O)[O-])n1. The molecule has 0 aliphatic carbocycles. The summed E-state index contributed by atoms with van der Waals surface area (Å²) in [4.78, 5) is 25.8. The third-order valence-corrected chi connectivity index (χ3v) is 3.41. The third-order valence-electron chi connectivity index (χ3n) is 3.16. The highest BCUT2D eigenvalue weighted by atomic mass is 35.5. The van der Waals surface area contributed by atoms with Crippen LogP contribution in [-0.2, 0) is 11.2 Å². The van der Waals surface area contributed by atoms with Gasteiger partial charge in [-0.25, -0.2) is 0 Å². The molecule has 1 aromatic carbocycles. The van der Waals surface area contributed by atoms with Gasteiger partial charge >= 0.3 is 5.82 Å². The highest BCUT2D eigenvalue weighted by Gasteiger charge is 2.18. The summed E-state index contributed by atoms with van der Waals surface area (Å²) < 4.78 is 5.20. The number of nitrogens with one attached hydrogen (secondary N) is 1. The minimum Gasteiger partial charge on any atom is -0.476 e. The normalized spacial score (nSPS) is 10.2. The second-order valence-corrected chi connectivity index (χ2v) is 5.48. The average Bonchev–Trinajstić information content (AvgIpc) is 2.55. The first-order chi connectivity index (χ1) is 11.5. The molecule has 126 valence electrons. The fraction of sp³-hybridized carbons (Fsp3) is 0.250. The van der Waals surface area contributed by atoms with Crippen LogP contribution >= 0.6 is 11.6 Å². The lowest BCUT2D eigenvalue weighted by atomic mass is 10.1. The Labute approximate surface area is 143 Å². The van der Waals surface area contributed by atoms with Gasteiger partial charge in [0.05, 0.1) is 0 Å². The van der Waals surface area contributed by atoms with Crippen molar-refractivity contribution in [1.29, 1.82) is 0 Å². The van der Waals surface area contributed by atoms with E-state index in [0.717, 1.165) is 5.56 Å². The molecule has 1 amide bonds. The number of carbonyl (C=O) groups excluding carboxylic acids is 1. The average molecular weight is 350 g/mol. The van der Waals surface area contributed by atoms with Gasteiger partial charge in [-0.05, 0) is 46.2 Å². The van der Waals surface area contributed by atoms with E-state index in [1.165, 1.54) is 6.07 Å². The maximum absolute atomic E-state index is 11.8. The van der Waals surface area contributed by atoms with Gasteiger partial charge in [-0.3, -0.25) is 4.79 Å². The lowest BCUT2D eigenvalue weighted by Gasteiger charge is -2.08. The van der Waals surface area contributed by atoms with Crippen molar-refractivity contribution in [3.63, 3.8) is 0 Å². The van der Waals surface area contributed by atoms with E-state index in [1.807, 2.05) is 12.1 Å². The van der Waals surface area contributed by atoms with Gasteiger partial charge in [0.2, 0.25) is 5.75 Å². The molecule has 0 aliphatic heterocycles. The van der Waals surface area contributed by atoms with Crippen LogP contribution in [0.2, 0.25) is 5.02 Å². The topological polar surface area (TPSA) is 94.4 Å². The Balaban J connectivity index is 1.81. The first kappa shape index (κ1) is 17.7. The Hall–Kier alpha value is -2.67.